The van der Waals surface area contributed by atoms with Crippen molar-refractivity contribution in [3.63, 3.8) is 0 Å². The van der Waals surface area contributed by atoms with Crippen LogP contribution >= 0.6 is 15.9 Å². The topological polar surface area (TPSA) is 9.23 Å². The van der Waals surface area contributed by atoms with Crippen LogP contribution in [-0.2, 0) is 4.74 Å². The summed E-state index contributed by atoms with van der Waals surface area (Å²) in [6.07, 6.45) is 9.96. The van der Waals surface area contributed by atoms with Crippen LogP contribution in [0.4, 0.5) is 0 Å². The molecule has 2 fully saturated rings. The van der Waals surface area contributed by atoms with Gasteiger partial charge in [-0.25, -0.2) is 0 Å². The minimum Gasteiger partial charge on any atom is -0.371 e. The van der Waals surface area contributed by atoms with Gasteiger partial charge in [-0.05, 0) is 38.5 Å². The van der Waals surface area contributed by atoms with Gasteiger partial charge in [0, 0.05) is 5.33 Å². The van der Waals surface area contributed by atoms with Crippen molar-refractivity contribution in [3.05, 3.63) is 0 Å². The summed E-state index contributed by atoms with van der Waals surface area (Å²) in [5.74, 6) is 0.967. The number of ether oxygens (including phenoxy) is 1. The molecule has 0 aromatic heterocycles. The first-order valence-corrected chi connectivity index (χ1v) is 7.08. The lowest BCUT2D eigenvalue weighted by molar-refractivity contribution is -0.123. The van der Waals surface area contributed by atoms with Crippen LogP contribution in [-0.4, -0.2) is 17.0 Å². The first-order valence-electron chi connectivity index (χ1n) is 5.96. The van der Waals surface area contributed by atoms with Gasteiger partial charge in [0.15, 0.2) is 0 Å². The average molecular weight is 261 g/mol. The van der Waals surface area contributed by atoms with Crippen LogP contribution in [0, 0.1) is 5.92 Å². The maximum absolute atomic E-state index is 6.18. The fraction of sp³-hybridized carbons (Fsp3) is 1.00. The van der Waals surface area contributed by atoms with Crippen molar-refractivity contribution < 1.29 is 4.74 Å². The lowest BCUT2D eigenvalue weighted by atomic mass is 9.75. The second-order valence-electron chi connectivity index (χ2n) is 5.24. The molecule has 1 aliphatic carbocycles. The maximum atomic E-state index is 6.18. The number of hydrogen-bond acceptors (Lipinski definition) is 1. The van der Waals surface area contributed by atoms with Crippen LogP contribution in [0.25, 0.3) is 0 Å². The Morgan fingerprint density at radius 3 is 2.64 bits per heavy atom. The van der Waals surface area contributed by atoms with E-state index >= 15 is 0 Å². The van der Waals surface area contributed by atoms with Crippen molar-refractivity contribution in [1.29, 1.82) is 0 Å². The number of rotatable bonds is 3. The summed E-state index contributed by atoms with van der Waals surface area (Å²) in [6, 6.07) is 0. The van der Waals surface area contributed by atoms with Crippen LogP contribution in [0.3, 0.4) is 0 Å². The Labute approximate surface area is 95.7 Å². The van der Waals surface area contributed by atoms with Gasteiger partial charge in [-0.2, -0.15) is 0 Å². The molecule has 1 nitrogen and oxygen atoms in total. The van der Waals surface area contributed by atoms with Gasteiger partial charge in [0.05, 0.1) is 11.7 Å². The monoisotopic (exact) mass is 260 g/mol. The van der Waals surface area contributed by atoms with Gasteiger partial charge >= 0.3 is 0 Å². The van der Waals surface area contributed by atoms with E-state index in [2.05, 4.69) is 22.9 Å². The molecule has 0 radical (unpaired) electrons. The summed E-state index contributed by atoms with van der Waals surface area (Å²) in [6.45, 7) is 2.32. The molecule has 0 amide bonds. The fourth-order valence-corrected chi connectivity index (χ4v) is 3.25. The largest absolute Gasteiger partial charge is 0.371 e. The first kappa shape index (κ1) is 10.9. The molecule has 0 aromatic carbocycles. The quantitative estimate of drug-likeness (QED) is 0.700. The Kier molecular flexibility index (Phi) is 3.54. The van der Waals surface area contributed by atoms with Crippen molar-refractivity contribution in [2.75, 3.05) is 5.33 Å². The highest BCUT2D eigenvalue weighted by molar-refractivity contribution is 9.09. The second kappa shape index (κ2) is 4.52. The zero-order valence-corrected chi connectivity index (χ0v) is 10.7. The van der Waals surface area contributed by atoms with Gasteiger partial charge in [0.2, 0.25) is 0 Å². The molecule has 0 N–H and O–H groups in total. The van der Waals surface area contributed by atoms with Crippen LogP contribution in [0.2, 0.25) is 0 Å². The summed E-state index contributed by atoms with van der Waals surface area (Å²) in [5.41, 5.74) is 0.196. The second-order valence-corrected chi connectivity index (χ2v) is 5.88. The Morgan fingerprint density at radius 1 is 1.29 bits per heavy atom. The van der Waals surface area contributed by atoms with Crippen LogP contribution < -0.4 is 0 Å². The third-order valence-electron chi connectivity index (χ3n) is 3.80. The zero-order chi connectivity index (χ0) is 10.0. The minimum atomic E-state index is 0.196. The van der Waals surface area contributed by atoms with Gasteiger partial charge in [-0.1, -0.05) is 35.2 Å². The lowest BCUT2D eigenvalue weighted by Gasteiger charge is -2.42. The predicted molar refractivity (Wildman–Crippen MR) is 62.9 cm³/mol. The van der Waals surface area contributed by atoms with Crippen molar-refractivity contribution in [2.45, 2.75) is 63.6 Å². The highest BCUT2D eigenvalue weighted by Gasteiger charge is 2.36. The summed E-state index contributed by atoms with van der Waals surface area (Å²) >= 11 is 3.53. The van der Waals surface area contributed by atoms with Gasteiger partial charge in [0.1, 0.15) is 0 Å². The van der Waals surface area contributed by atoms with E-state index in [1.165, 1.54) is 44.9 Å². The van der Waals surface area contributed by atoms with E-state index in [0.717, 1.165) is 11.2 Å². The molecule has 2 rings (SSSR count). The van der Waals surface area contributed by atoms with Crippen LogP contribution in [0.15, 0.2) is 0 Å². The molecule has 2 heteroatoms. The highest BCUT2D eigenvalue weighted by Crippen LogP contribution is 2.40. The fourth-order valence-electron chi connectivity index (χ4n) is 2.79. The smallest absolute Gasteiger partial charge is 0.0679 e. The summed E-state index contributed by atoms with van der Waals surface area (Å²) in [7, 11) is 0. The SMILES string of the molecule is CC1(CC2CCC2)CCCC(CBr)O1. The maximum Gasteiger partial charge on any atom is 0.0679 e. The molecule has 14 heavy (non-hydrogen) atoms. The molecule has 0 spiro atoms. The molecular formula is C12H21BrO. The minimum absolute atomic E-state index is 0.196. The van der Waals surface area contributed by atoms with E-state index in [1.807, 2.05) is 0 Å². The molecule has 0 aromatic rings. The molecule has 1 heterocycles. The molecule has 2 atom stereocenters. The Hall–Kier alpha value is 0.440. The van der Waals surface area contributed by atoms with Crippen molar-refractivity contribution in [2.24, 2.45) is 5.92 Å². The number of halogens is 1. The van der Waals surface area contributed by atoms with Crippen LogP contribution in [0.5, 0.6) is 0 Å². The molecule has 1 saturated carbocycles. The Balaban J connectivity index is 1.85. The van der Waals surface area contributed by atoms with E-state index in [1.54, 1.807) is 0 Å². The van der Waals surface area contributed by atoms with Gasteiger partial charge < -0.3 is 4.74 Å². The Bertz CT molecular complexity index is 187. The third-order valence-corrected chi connectivity index (χ3v) is 4.52. The molecule has 82 valence electrons. The van der Waals surface area contributed by atoms with E-state index in [0.29, 0.717) is 6.10 Å². The lowest BCUT2D eigenvalue weighted by Crippen LogP contribution is -2.41. The number of hydrogen-bond donors (Lipinski definition) is 0. The van der Waals surface area contributed by atoms with Crippen molar-refractivity contribution >= 4 is 15.9 Å². The van der Waals surface area contributed by atoms with Gasteiger partial charge in [-0.15, -0.1) is 0 Å². The number of alkyl halides is 1. The first-order chi connectivity index (χ1) is 6.72. The van der Waals surface area contributed by atoms with E-state index in [-0.39, 0.29) is 5.60 Å². The van der Waals surface area contributed by atoms with E-state index in [9.17, 15) is 0 Å². The zero-order valence-electron chi connectivity index (χ0n) is 9.10. The molecule has 1 aliphatic heterocycles. The molecule has 2 aliphatic rings. The standard InChI is InChI=1S/C12H21BrO/c1-12(8-10-4-2-5-10)7-3-6-11(9-13)14-12/h10-11H,2-9H2,1H3. The summed E-state index contributed by atoms with van der Waals surface area (Å²) in [5, 5.41) is 1.01. The van der Waals surface area contributed by atoms with E-state index in [4.69, 9.17) is 4.74 Å². The molecular weight excluding hydrogens is 240 g/mol. The van der Waals surface area contributed by atoms with E-state index < -0.39 is 0 Å². The van der Waals surface area contributed by atoms with Crippen molar-refractivity contribution in [1.82, 2.24) is 0 Å². The van der Waals surface area contributed by atoms with Gasteiger partial charge in [0.25, 0.3) is 0 Å². The Morgan fingerprint density at radius 2 is 2.07 bits per heavy atom. The molecule has 1 saturated heterocycles. The third kappa shape index (κ3) is 2.52. The average Bonchev–Trinajstić information content (AvgIpc) is 2.12. The molecule has 2 unspecified atom stereocenters. The predicted octanol–water partition coefficient (Wildman–Crippen LogP) is 3.90. The van der Waals surface area contributed by atoms with Crippen molar-refractivity contribution in [3.8, 4) is 0 Å². The van der Waals surface area contributed by atoms with Gasteiger partial charge in [-0.3, -0.25) is 0 Å². The normalized spacial score (nSPS) is 39.4. The van der Waals surface area contributed by atoms with Crippen LogP contribution in [0.1, 0.15) is 51.9 Å². The summed E-state index contributed by atoms with van der Waals surface area (Å²) in [4.78, 5) is 0. The molecule has 0 bridgehead atoms. The highest BCUT2D eigenvalue weighted by atomic mass is 79.9. The summed E-state index contributed by atoms with van der Waals surface area (Å²) < 4.78 is 6.18.